The molecule has 3 N–H and O–H groups in total. The minimum Gasteiger partial charge on any atom is -0.496 e. The third-order valence-electron chi connectivity index (χ3n) is 2.10. The highest BCUT2D eigenvalue weighted by Gasteiger charge is 2.20. The number of halogens is 1. The van der Waals surface area contributed by atoms with E-state index in [0.29, 0.717) is 11.3 Å². The van der Waals surface area contributed by atoms with Crippen molar-refractivity contribution in [2.75, 3.05) is 20.8 Å². The minimum atomic E-state index is -0.731. The molecule has 4 nitrogen and oxygen atoms in total. The Bertz CT molecular complexity index is 344. The van der Waals surface area contributed by atoms with Crippen LogP contribution in [0.3, 0.4) is 0 Å². The third kappa shape index (κ3) is 2.19. The Balaban J connectivity index is 3.33. The average Bonchev–Trinajstić information content (AvgIpc) is 2.27. The fourth-order valence-corrected chi connectivity index (χ4v) is 1.38. The molecule has 0 aliphatic carbocycles. The molecule has 0 aliphatic heterocycles. The first-order valence-electron chi connectivity index (χ1n) is 4.42. The molecule has 0 radical (unpaired) electrons. The molecule has 0 saturated carbocycles. The quantitative estimate of drug-likeness (QED) is 0.781. The lowest BCUT2D eigenvalue weighted by atomic mass is 10.1. The van der Waals surface area contributed by atoms with Crippen molar-refractivity contribution in [2.45, 2.75) is 6.04 Å². The van der Waals surface area contributed by atoms with Gasteiger partial charge in [-0.05, 0) is 12.1 Å². The van der Waals surface area contributed by atoms with Crippen molar-refractivity contribution >= 4 is 0 Å². The summed E-state index contributed by atoms with van der Waals surface area (Å²) in [6.45, 7) is -0.309. The van der Waals surface area contributed by atoms with Crippen LogP contribution in [-0.2, 0) is 0 Å². The second-order valence-electron chi connectivity index (χ2n) is 2.99. The van der Waals surface area contributed by atoms with Gasteiger partial charge in [0.05, 0.1) is 32.4 Å². The van der Waals surface area contributed by atoms with Gasteiger partial charge in [-0.2, -0.15) is 0 Å². The summed E-state index contributed by atoms with van der Waals surface area (Å²) in [5, 5.41) is 8.96. The van der Waals surface area contributed by atoms with Gasteiger partial charge in [-0.15, -0.1) is 0 Å². The fourth-order valence-electron chi connectivity index (χ4n) is 1.38. The van der Waals surface area contributed by atoms with Gasteiger partial charge in [0.25, 0.3) is 0 Å². The fraction of sp³-hybridized carbons (Fsp3) is 0.400. The highest BCUT2D eigenvalue weighted by Crippen LogP contribution is 2.34. The van der Waals surface area contributed by atoms with Crippen molar-refractivity contribution in [1.29, 1.82) is 0 Å². The SMILES string of the molecule is COc1ccc(F)c(OC)c1[C@H](N)CO. The highest BCUT2D eigenvalue weighted by atomic mass is 19.1. The predicted molar refractivity (Wildman–Crippen MR) is 53.5 cm³/mol. The van der Waals surface area contributed by atoms with Crippen molar-refractivity contribution in [2.24, 2.45) is 5.73 Å². The van der Waals surface area contributed by atoms with Crippen LogP contribution in [0.15, 0.2) is 12.1 Å². The van der Waals surface area contributed by atoms with Crippen LogP contribution >= 0.6 is 0 Å². The summed E-state index contributed by atoms with van der Waals surface area (Å²) >= 11 is 0. The number of hydrogen-bond acceptors (Lipinski definition) is 4. The molecule has 0 aromatic heterocycles. The lowest BCUT2D eigenvalue weighted by molar-refractivity contribution is 0.259. The van der Waals surface area contributed by atoms with E-state index in [0.717, 1.165) is 0 Å². The van der Waals surface area contributed by atoms with Gasteiger partial charge >= 0.3 is 0 Å². The van der Waals surface area contributed by atoms with Gasteiger partial charge in [-0.25, -0.2) is 4.39 Å². The van der Waals surface area contributed by atoms with Crippen LogP contribution in [0.2, 0.25) is 0 Å². The van der Waals surface area contributed by atoms with E-state index in [4.69, 9.17) is 20.3 Å². The van der Waals surface area contributed by atoms with Crippen molar-refractivity contribution < 1.29 is 19.0 Å². The Labute approximate surface area is 87.4 Å². The molecule has 0 spiro atoms. The topological polar surface area (TPSA) is 64.7 Å². The Morgan fingerprint density at radius 1 is 1.40 bits per heavy atom. The number of nitrogens with two attached hydrogens (primary N) is 1. The number of benzene rings is 1. The molecule has 84 valence electrons. The molecular formula is C10H14FNO3. The van der Waals surface area contributed by atoms with E-state index in [9.17, 15) is 4.39 Å². The van der Waals surface area contributed by atoms with Crippen molar-refractivity contribution in [3.05, 3.63) is 23.5 Å². The normalized spacial score (nSPS) is 12.3. The van der Waals surface area contributed by atoms with Crippen LogP contribution in [-0.4, -0.2) is 25.9 Å². The molecule has 0 saturated heterocycles. The number of aliphatic hydroxyl groups excluding tert-OH is 1. The molecule has 0 heterocycles. The zero-order valence-corrected chi connectivity index (χ0v) is 8.66. The van der Waals surface area contributed by atoms with Gasteiger partial charge in [0, 0.05) is 0 Å². The minimum absolute atomic E-state index is 0.0101. The van der Waals surface area contributed by atoms with E-state index in [1.54, 1.807) is 0 Å². The number of hydrogen-bond donors (Lipinski definition) is 2. The van der Waals surface area contributed by atoms with E-state index < -0.39 is 11.9 Å². The molecule has 0 aliphatic rings. The van der Waals surface area contributed by atoms with Gasteiger partial charge in [0.1, 0.15) is 5.75 Å². The zero-order valence-electron chi connectivity index (χ0n) is 8.66. The number of rotatable bonds is 4. The summed E-state index contributed by atoms with van der Waals surface area (Å²) in [7, 11) is 2.78. The van der Waals surface area contributed by atoms with E-state index in [2.05, 4.69) is 0 Å². The number of methoxy groups -OCH3 is 2. The highest BCUT2D eigenvalue weighted by molar-refractivity contribution is 5.47. The van der Waals surface area contributed by atoms with Crippen LogP contribution in [0.5, 0.6) is 11.5 Å². The van der Waals surface area contributed by atoms with Crippen molar-refractivity contribution in [3.8, 4) is 11.5 Å². The van der Waals surface area contributed by atoms with Crippen LogP contribution in [0.1, 0.15) is 11.6 Å². The molecule has 15 heavy (non-hydrogen) atoms. The van der Waals surface area contributed by atoms with Gasteiger partial charge in [-0.1, -0.05) is 0 Å². The predicted octanol–water partition coefficient (Wildman–Crippen LogP) is 0.835. The molecule has 1 atom stereocenters. The van der Waals surface area contributed by atoms with Gasteiger partial charge in [0.2, 0.25) is 0 Å². The third-order valence-corrected chi connectivity index (χ3v) is 2.10. The van der Waals surface area contributed by atoms with Gasteiger partial charge < -0.3 is 20.3 Å². The van der Waals surface area contributed by atoms with E-state index in [-0.39, 0.29) is 12.4 Å². The Morgan fingerprint density at radius 3 is 2.53 bits per heavy atom. The van der Waals surface area contributed by atoms with E-state index in [1.807, 2.05) is 0 Å². The molecule has 0 amide bonds. The van der Waals surface area contributed by atoms with Crippen molar-refractivity contribution in [3.63, 3.8) is 0 Å². The summed E-state index contributed by atoms with van der Waals surface area (Å²) < 4.78 is 23.3. The summed E-state index contributed by atoms with van der Waals surface area (Å²) in [5.74, 6) is -0.122. The van der Waals surface area contributed by atoms with Gasteiger partial charge in [0.15, 0.2) is 11.6 Å². The first-order chi connectivity index (χ1) is 7.15. The molecule has 1 rings (SSSR count). The summed E-state index contributed by atoms with van der Waals surface area (Å²) in [5.41, 5.74) is 5.97. The monoisotopic (exact) mass is 215 g/mol. The van der Waals surface area contributed by atoms with Crippen molar-refractivity contribution in [1.82, 2.24) is 0 Å². The maximum atomic E-state index is 13.3. The van der Waals surface area contributed by atoms with Crippen LogP contribution in [0.4, 0.5) is 4.39 Å². The number of ether oxygens (including phenoxy) is 2. The number of aliphatic hydroxyl groups is 1. The van der Waals surface area contributed by atoms with E-state index in [1.165, 1.54) is 26.4 Å². The lowest BCUT2D eigenvalue weighted by Gasteiger charge is -2.17. The molecular weight excluding hydrogens is 201 g/mol. The first kappa shape index (κ1) is 11.7. The molecule has 1 aromatic rings. The lowest BCUT2D eigenvalue weighted by Crippen LogP contribution is -2.17. The standard InChI is InChI=1S/C10H14FNO3/c1-14-8-4-3-6(11)10(15-2)9(8)7(12)5-13/h3-4,7,13H,5,12H2,1-2H3/t7-/m1/s1. The maximum Gasteiger partial charge on any atom is 0.165 e. The van der Waals surface area contributed by atoms with Gasteiger partial charge in [-0.3, -0.25) is 0 Å². The molecule has 5 heteroatoms. The smallest absolute Gasteiger partial charge is 0.165 e. The Kier molecular flexibility index (Phi) is 3.88. The zero-order chi connectivity index (χ0) is 11.4. The van der Waals surface area contributed by atoms with E-state index >= 15 is 0 Å². The summed E-state index contributed by atoms with van der Waals surface area (Å²) in [4.78, 5) is 0. The molecule has 0 unspecified atom stereocenters. The summed E-state index contributed by atoms with van der Waals surface area (Å²) in [6.07, 6.45) is 0. The van der Waals surface area contributed by atoms with Crippen LogP contribution in [0.25, 0.3) is 0 Å². The summed E-state index contributed by atoms with van der Waals surface area (Å²) in [6, 6.07) is 1.94. The Morgan fingerprint density at radius 2 is 2.07 bits per heavy atom. The van der Waals surface area contributed by atoms with Crippen LogP contribution < -0.4 is 15.2 Å². The van der Waals surface area contributed by atoms with Crippen LogP contribution in [0, 0.1) is 5.82 Å². The molecule has 0 bridgehead atoms. The second kappa shape index (κ2) is 4.95. The maximum absolute atomic E-state index is 13.3. The Hall–Kier alpha value is -1.33. The first-order valence-corrected chi connectivity index (χ1v) is 4.42. The average molecular weight is 215 g/mol. The molecule has 1 aromatic carbocycles. The second-order valence-corrected chi connectivity index (χ2v) is 2.99. The largest absolute Gasteiger partial charge is 0.496 e. The molecule has 0 fully saturated rings.